The summed E-state index contributed by atoms with van der Waals surface area (Å²) in [4.78, 5) is 17.5. The lowest BCUT2D eigenvalue weighted by molar-refractivity contribution is 0.0511. The number of anilines is 1. The van der Waals surface area contributed by atoms with Gasteiger partial charge in [0.1, 0.15) is 11.6 Å². The van der Waals surface area contributed by atoms with Crippen molar-refractivity contribution in [2.24, 2.45) is 0 Å². The number of benzene rings is 3. The first-order chi connectivity index (χ1) is 20.8. The van der Waals surface area contributed by atoms with Gasteiger partial charge in [0.2, 0.25) is 10.0 Å². The van der Waals surface area contributed by atoms with E-state index in [9.17, 15) is 17.6 Å². The lowest BCUT2D eigenvalue weighted by atomic mass is 9.90. The van der Waals surface area contributed by atoms with Gasteiger partial charge in [-0.1, -0.05) is 41.9 Å². The van der Waals surface area contributed by atoms with Crippen LogP contribution in [0.2, 0.25) is 5.02 Å². The number of carbonyl (C=O) groups is 1. The van der Waals surface area contributed by atoms with Gasteiger partial charge in [-0.25, -0.2) is 12.8 Å². The van der Waals surface area contributed by atoms with Gasteiger partial charge in [-0.2, -0.15) is 4.31 Å². The van der Waals surface area contributed by atoms with E-state index in [0.29, 0.717) is 43.5 Å². The number of piperazine rings is 1. The van der Waals surface area contributed by atoms with Crippen LogP contribution in [0, 0.1) is 5.82 Å². The van der Waals surface area contributed by atoms with E-state index in [-0.39, 0.29) is 40.3 Å². The minimum absolute atomic E-state index is 0.0168. The van der Waals surface area contributed by atoms with E-state index >= 15 is 0 Å². The van der Waals surface area contributed by atoms with Gasteiger partial charge in [0.05, 0.1) is 21.2 Å². The highest BCUT2D eigenvalue weighted by Gasteiger charge is 2.43. The summed E-state index contributed by atoms with van der Waals surface area (Å²) in [6, 6.07) is 19.0. The third-order valence-electron chi connectivity index (χ3n) is 8.83. The van der Waals surface area contributed by atoms with Crippen molar-refractivity contribution in [2.75, 3.05) is 45.0 Å². The van der Waals surface area contributed by atoms with Gasteiger partial charge in [-0.15, -0.1) is 0 Å². The SMILES string of the molecule is COCOc1ccc(S(=O)(=O)N2CCC(c3ccccc3)CC2)cc1N1C2CCC1CN(C(=O)c1ccc(F)cc1Cl)C2. The Balaban J connectivity index is 1.24. The predicted octanol–water partition coefficient (Wildman–Crippen LogP) is 5.52. The van der Waals surface area contributed by atoms with E-state index in [2.05, 4.69) is 17.0 Å². The van der Waals surface area contributed by atoms with E-state index < -0.39 is 15.8 Å². The first kappa shape index (κ1) is 29.9. The van der Waals surface area contributed by atoms with Gasteiger partial charge >= 0.3 is 0 Å². The van der Waals surface area contributed by atoms with E-state index in [0.717, 1.165) is 31.7 Å². The van der Waals surface area contributed by atoms with Gasteiger partial charge < -0.3 is 19.3 Å². The standard InChI is InChI=1S/C32H35ClFN3O5S/c1-41-21-42-31-12-10-27(43(39,40)36-15-13-23(14-16-36)22-5-3-2-4-6-22)18-30(31)37-25-8-9-26(37)20-35(19-25)32(38)28-11-7-24(34)17-29(28)33/h2-7,10-12,17-18,23,25-26H,8-9,13-16,19-21H2,1H3. The second-order valence-electron chi connectivity index (χ2n) is 11.4. The number of amides is 1. The summed E-state index contributed by atoms with van der Waals surface area (Å²) in [5.41, 5.74) is 2.19. The monoisotopic (exact) mass is 627 g/mol. The molecule has 0 spiro atoms. The van der Waals surface area contributed by atoms with Gasteiger partial charge in [0.15, 0.2) is 6.79 Å². The lowest BCUT2D eigenvalue weighted by Gasteiger charge is -2.43. The van der Waals surface area contributed by atoms with Gasteiger partial charge in [-0.05, 0) is 73.6 Å². The Hall–Kier alpha value is -3.18. The summed E-state index contributed by atoms with van der Waals surface area (Å²) in [6.45, 7) is 1.78. The van der Waals surface area contributed by atoms with Crippen molar-refractivity contribution >= 4 is 33.2 Å². The zero-order valence-electron chi connectivity index (χ0n) is 24.0. The Morgan fingerprint density at radius 1 is 0.953 bits per heavy atom. The summed E-state index contributed by atoms with van der Waals surface area (Å²) in [5, 5.41) is 0.0840. The molecule has 0 saturated carbocycles. The van der Waals surface area contributed by atoms with Gasteiger partial charge in [-0.3, -0.25) is 4.79 Å². The van der Waals surface area contributed by atoms with Crippen molar-refractivity contribution in [1.29, 1.82) is 0 Å². The van der Waals surface area contributed by atoms with Gasteiger partial charge in [0.25, 0.3) is 5.91 Å². The smallest absolute Gasteiger partial charge is 0.255 e. The third-order valence-corrected chi connectivity index (χ3v) is 11.0. The van der Waals surface area contributed by atoms with Crippen LogP contribution in [0.5, 0.6) is 5.75 Å². The molecule has 2 bridgehead atoms. The fraction of sp³-hybridized carbons (Fsp3) is 0.406. The number of carbonyl (C=O) groups excluding carboxylic acids is 1. The number of methoxy groups -OCH3 is 1. The van der Waals surface area contributed by atoms with Gasteiger partial charge in [0, 0.05) is 45.4 Å². The average molecular weight is 628 g/mol. The molecular formula is C32H35ClFN3O5S. The number of likely N-dealkylation sites (tertiary alicyclic amines) is 1. The summed E-state index contributed by atoms with van der Waals surface area (Å²) >= 11 is 6.20. The number of halogens is 2. The summed E-state index contributed by atoms with van der Waals surface area (Å²) in [7, 11) is -2.21. The van der Waals surface area contributed by atoms with E-state index in [1.807, 2.05) is 18.2 Å². The molecule has 2 atom stereocenters. The molecule has 3 heterocycles. The zero-order chi connectivity index (χ0) is 30.1. The molecular weight excluding hydrogens is 593 g/mol. The van der Waals surface area contributed by atoms with Crippen LogP contribution < -0.4 is 9.64 Å². The van der Waals surface area contributed by atoms with Crippen molar-refractivity contribution < 1.29 is 27.1 Å². The van der Waals surface area contributed by atoms with Crippen molar-refractivity contribution in [1.82, 2.24) is 9.21 Å². The lowest BCUT2D eigenvalue weighted by Crippen LogP contribution is -2.55. The van der Waals surface area contributed by atoms with Crippen LogP contribution in [-0.4, -0.2) is 75.7 Å². The number of sulfonamides is 1. The molecule has 8 nitrogen and oxygen atoms in total. The minimum Gasteiger partial charge on any atom is -0.465 e. The fourth-order valence-electron chi connectivity index (χ4n) is 6.70. The number of fused-ring (bicyclic) bond motifs is 2. The van der Waals surface area contributed by atoms with E-state index in [1.165, 1.54) is 24.8 Å². The van der Waals surface area contributed by atoms with Crippen molar-refractivity contribution in [3.8, 4) is 5.75 Å². The molecule has 0 aromatic heterocycles. The first-order valence-corrected chi connectivity index (χ1v) is 16.4. The van der Waals surface area contributed by atoms with Crippen LogP contribution in [0.25, 0.3) is 0 Å². The molecule has 3 aliphatic rings. The molecule has 6 rings (SSSR count). The summed E-state index contributed by atoms with van der Waals surface area (Å²) < 4.78 is 54.0. The summed E-state index contributed by atoms with van der Waals surface area (Å²) in [6.07, 6.45) is 3.20. The number of piperidine rings is 1. The number of nitrogens with zero attached hydrogens (tertiary/aromatic N) is 3. The third kappa shape index (κ3) is 5.98. The highest BCUT2D eigenvalue weighted by molar-refractivity contribution is 7.89. The number of hydrogen-bond donors (Lipinski definition) is 0. The van der Waals surface area contributed by atoms with Crippen LogP contribution >= 0.6 is 11.6 Å². The van der Waals surface area contributed by atoms with Crippen molar-refractivity contribution in [3.63, 3.8) is 0 Å². The van der Waals surface area contributed by atoms with Crippen LogP contribution in [0.1, 0.15) is 47.5 Å². The minimum atomic E-state index is -3.74. The highest BCUT2D eigenvalue weighted by atomic mass is 35.5. The molecule has 2 unspecified atom stereocenters. The molecule has 11 heteroatoms. The number of rotatable bonds is 8. The number of ether oxygens (including phenoxy) is 2. The first-order valence-electron chi connectivity index (χ1n) is 14.6. The predicted molar refractivity (Wildman–Crippen MR) is 163 cm³/mol. The van der Waals surface area contributed by atoms with Crippen LogP contribution in [-0.2, 0) is 14.8 Å². The molecule has 1 amide bonds. The molecule has 3 saturated heterocycles. The second-order valence-corrected chi connectivity index (χ2v) is 13.7. The molecule has 3 fully saturated rings. The Bertz CT molecular complexity index is 1570. The fourth-order valence-corrected chi connectivity index (χ4v) is 8.44. The maximum atomic E-state index is 13.9. The largest absolute Gasteiger partial charge is 0.465 e. The van der Waals surface area contributed by atoms with Crippen LogP contribution in [0.15, 0.2) is 71.6 Å². The normalized spacial score (nSPS) is 21.3. The molecule has 0 radical (unpaired) electrons. The highest BCUT2D eigenvalue weighted by Crippen LogP contribution is 2.42. The van der Waals surface area contributed by atoms with Crippen molar-refractivity contribution in [2.45, 2.75) is 48.6 Å². The van der Waals surface area contributed by atoms with E-state index in [4.69, 9.17) is 21.1 Å². The molecule has 3 aliphatic heterocycles. The maximum Gasteiger partial charge on any atom is 0.255 e. The molecule has 228 valence electrons. The van der Waals surface area contributed by atoms with Crippen LogP contribution in [0.3, 0.4) is 0 Å². The Kier molecular flexibility index (Phi) is 8.64. The Morgan fingerprint density at radius 3 is 2.30 bits per heavy atom. The Labute approximate surface area is 257 Å². The molecule has 43 heavy (non-hydrogen) atoms. The molecule has 3 aromatic rings. The topological polar surface area (TPSA) is 79.4 Å². The maximum absolute atomic E-state index is 13.9. The zero-order valence-corrected chi connectivity index (χ0v) is 25.6. The molecule has 3 aromatic carbocycles. The molecule has 0 aliphatic carbocycles. The number of hydrogen-bond acceptors (Lipinski definition) is 6. The van der Waals surface area contributed by atoms with E-state index in [1.54, 1.807) is 27.4 Å². The van der Waals surface area contributed by atoms with Crippen molar-refractivity contribution in [3.05, 3.63) is 88.7 Å². The average Bonchev–Trinajstić information content (AvgIpc) is 3.28. The second kappa shape index (κ2) is 12.4. The molecule has 0 N–H and O–H groups in total. The summed E-state index contributed by atoms with van der Waals surface area (Å²) in [5.74, 6) is 0.132. The quantitative estimate of drug-likeness (QED) is 0.306. The Morgan fingerprint density at radius 2 is 1.65 bits per heavy atom. The van der Waals surface area contributed by atoms with Crippen LogP contribution in [0.4, 0.5) is 10.1 Å².